The first-order chi connectivity index (χ1) is 16.0. The first-order valence-electron chi connectivity index (χ1n) is 11.4. The topological polar surface area (TPSA) is 106 Å². The van der Waals surface area contributed by atoms with Gasteiger partial charge < -0.3 is 20.7 Å². The molecule has 33 heavy (non-hydrogen) atoms. The van der Waals surface area contributed by atoms with Crippen molar-refractivity contribution in [3.05, 3.63) is 77.9 Å². The highest BCUT2D eigenvalue weighted by Gasteiger charge is 2.45. The van der Waals surface area contributed by atoms with Crippen molar-refractivity contribution in [3.63, 3.8) is 0 Å². The number of aliphatic hydroxyl groups is 2. The smallest absolute Gasteiger partial charge is 0.150 e. The van der Waals surface area contributed by atoms with E-state index in [-0.39, 0.29) is 18.6 Å². The summed E-state index contributed by atoms with van der Waals surface area (Å²) in [6.45, 7) is -0.242. The third kappa shape index (κ3) is 3.35. The molecule has 0 bridgehead atoms. The van der Waals surface area contributed by atoms with E-state index in [1.54, 1.807) is 6.20 Å². The van der Waals surface area contributed by atoms with Crippen LogP contribution < -0.4 is 10.5 Å². The van der Waals surface area contributed by atoms with Crippen molar-refractivity contribution in [2.24, 2.45) is 0 Å². The van der Waals surface area contributed by atoms with E-state index in [1.165, 1.54) is 11.1 Å². The minimum absolute atomic E-state index is 0.0288. The number of benzene rings is 2. The number of fused-ring (bicyclic) bond motifs is 2. The van der Waals surface area contributed by atoms with Gasteiger partial charge in [0.1, 0.15) is 34.7 Å². The molecule has 0 radical (unpaired) electrons. The predicted octanol–water partition coefficient (Wildman–Crippen LogP) is 3.65. The Morgan fingerprint density at radius 1 is 1.15 bits per heavy atom. The maximum Gasteiger partial charge on any atom is 0.150 e. The van der Waals surface area contributed by atoms with Gasteiger partial charge in [0.25, 0.3) is 0 Å². The summed E-state index contributed by atoms with van der Waals surface area (Å²) in [7, 11) is 0. The molecular formula is C26H26N4O3. The fourth-order valence-electron chi connectivity index (χ4n) is 5.16. The monoisotopic (exact) mass is 442 g/mol. The van der Waals surface area contributed by atoms with E-state index < -0.39 is 5.60 Å². The van der Waals surface area contributed by atoms with Crippen molar-refractivity contribution in [1.29, 1.82) is 0 Å². The lowest BCUT2D eigenvalue weighted by Crippen LogP contribution is -2.46. The van der Waals surface area contributed by atoms with Crippen molar-refractivity contribution >= 4 is 11.3 Å². The molecule has 2 aromatic carbocycles. The molecular weight excluding hydrogens is 416 g/mol. The number of nitrogen functional groups attached to an aromatic ring is 1. The number of hydrogen-bond acceptors (Lipinski definition) is 6. The van der Waals surface area contributed by atoms with Crippen molar-refractivity contribution < 1.29 is 14.9 Å². The Labute approximate surface area is 191 Å². The van der Waals surface area contributed by atoms with Crippen LogP contribution in [0.15, 0.2) is 60.9 Å². The number of nitrogens with zero attached hydrogens (tertiary/aromatic N) is 3. The largest absolute Gasteiger partial charge is 0.485 e. The van der Waals surface area contributed by atoms with Crippen LogP contribution in [-0.4, -0.2) is 36.8 Å². The lowest BCUT2D eigenvalue weighted by atomic mass is 9.71. The number of hydrogen-bond donors (Lipinski definition) is 3. The highest BCUT2D eigenvalue weighted by molar-refractivity contribution is 5.86. The molecule has 2 aromatic heterocycles. The Morgan fingerprint density at radius 3 is 2.76 bits per heavy atom. The second-order valence-electron chi connectivity index (χ2n) is 9.22. The van der Waals surface area contributed by atoms with Crippen LogP contribution in [-0.2, 0) is 6.42 Å². The minimum atomic E-state index is -1.03. The predicted molar refractivity (Wildman–Crippen MR) is 125 cm³/mol. The van der Waals surface area contributed by atoms with Crippen LogP contribution in [0, 0.1) is 0 Å². The number of aryl methyl sites for hydroxylation is 1. The van der Waals surface area contributed by atoms with E-state index >= 15 is 0 Å². The normalized spacial score (nSPS) is 24.2. The number of ether oxygens (including phenoxy) is 1. The average Bonchev–Trinajstić information content (AvgIpc) is 3.22. The number of aromatic nitrogens is 3. The van der Waals surface area contributed by atoms with Gasteiger partial charge in [0.05, 0.1) is 12.2 Å². The van der Waals surface area contributed by atoms with Gasteiger partial charge in [-0.25, -0.2) is 9.97 Å². The van der Waals surface area contributed by atoms with E-state index in [9.17, 15) is 10.2 Å². The number of aliphatic hydroxyl groups excluding tert-OH is 1. The van der Waals surface area contributed by atoms with Gasteiger partial charge in [-0.05, 0) is 42.9 Å². The Hall–Kier alpha value is -3.42. The van der Waals surface area contributed by atoms with Gasteiger partial charge >= 0.3 is 0 Å². The van der Waals surface area contributed by atoms with E-state index in [2.05, 4.69) is 29.2 Å². The molecule has 7 heteroatoms. The molecule has 0 saturated heterocycles. The molecule has 0 spiro atoms. The molecule has 3 heterocycles. The number of imidazole rings is 1. The van der Waals surface area contributed by atoms with Gasteiger partial charge in [0, 0.05) is 23.9 Å². The van der Waals surface area contributed by atoms with Gasteiger partial charge in [0.15, 0.2) is 0 Å². The SMILES string of the molecule is Nc1nccn2c(C3CC(O)(CO)C3)nc(-c3ccc4c(c3)OC(c3ccccc3)CC4)c12. The molecule has 4 N–H and O–H groups in total. The zero-order chi connectivity index (χ0) is 22.6. The van der Waals surface area contributed by atoms with Crippen LogP contribution >= 0.6 is 0 Å². The summed E-state index contributed by atoms with van der Waals surface area (Å²) < 4.78 is 8.37. The molecule has 2 aliphatic rings. The van der Waals surface area contributed by atoms with Crippen LogP contribution in [0.2, 0.25) is 0 Å². The Morgan fingerprint density at radius 2 is 1.97 bits per heavy atom. The summed E-state index contributed by atoms with van der Waals surface area (Å²) in [6, 6.07) is 16.5. The summed E-state index contributed by atoms with van der Waals surface area (Å²) in [4.78, 5) is 9.25. The fourth-order valence-corrected chi connectivity index (χ4v) is 5.16. The standard InChI is InChI=1S/C26H26N4O3/c27-24-23-22(29-25(30(23)11-10-28-24)19-13-26(32,14-19)15-31)18-7-6-17-8-9-20(33-21(17)12-18)16-4-2-1-3-5-16/h1-7,10-12,19-20,31-32H,8-9,13-15H2,(H2,27,28). The molecule has 1 aliphatic heterocycles. The quantitative estimate of drug-likeness (QED) is 0.446. The molecule has 6 rings (SSSR count). The molecule has 168 valence electrons. The maximum absolute atomic E-state index is 10.3. The van der Waals surface area contributed by atoms with E-state index in [0.717, 1.165) is 41.2 Å². The molecule has 7 nitrogen and oxygen atoms in total. The second-order valence-corrected chi connectivity index (χ2v) is 9.22. The van der Waals surface area contributed by atoms with Crippen molar-refractivity contribution in [1.82, 2.24) is 14.4 Å². The van der Waals surface area contributed by atoms with E-state index in [0.29, 0.717) is 18.7 Å². The molecule has 0 amide bonds. The van der Waals surface area contributed by atoms with Gasteiger partial charge in [-0.1, -0.05) is 42.5 Å². The van der Waals surface area contributed by atoms with Gasteiger partial charge in [-0.2, -0.15) is 0 Å². The van der Waals surface area contributed by atoms with Crippen molar-refractivity contribution in [2.75, 3.05) is 12.3 Å². The minimum Gasteiger partial charge on any atom is -0.485 e. The first kappa shape index (κ1) is 20.2. The summed E-state index contributed by atoms with van der Waals surface area (Å²) in [5.41, 5.74) is 10.1. The van der Waals surface area contributed by atoms with Crippen LogP contribution in [0.5, 0.6) is 5.75 Å². The van der Waals surface area contributed by atoms with Gasteiger partial charge in [0.2, 0.25) is 0 Å². The molecule has 1 unspecified atom stereocenters. The molecule has 1 fully saturated rings. The Kier molecular flexibility index (Phi) is 4.64. The van der Waals surface area contributed by atoms with Crippen LogP contribution in [0.4, 0.5) is 5.82 Å². The van der Waals surface area contributed by atoms with Crippen molar-refractivity contribution in [3.8, 4) is 17.0 Å². The number of anilines is 1. The lowest BCUT2D eigenvalue weighted by molar-refractivity contribution is -0.0882. The van der Waals surface area contributed by atoms with Crippen LogP contribution in [0.3, 0.4) is 0 Å². The third-order valence-electron chi connectivity index (χ3n) is 6.98. The zero-order valence-electron chi connectivity index (χ0n) is 18.2. The number of rotatable bonds is 4. The highest BCUT2D eigenvalue weighted by atomic mass is 16.5. The van der Waals surface area contributed by atoms with Crippen molar-refractivity contribution in [2.45, 2.75) is 43.3 Å². The molecule has 1 saturated carbocycles. The summed E-state index contributed by atoms with van der Waals surface area (Å²) in [5.74, 6) is 2.15. The van der Waals surface area contributed by atoms with Crippen LogP contribution in [0.25, 0.3) is 16.8 Å². The molecule has 1 atom stereocenters. The lowest BCUT2D eigenvalue weighted by Gasteiger charge is -2.41. The van der Waals surface area contributed by atoms with E-state index in [1.807, 2.05) is 34.9 Å². The zero-order valence-corrected chi connectivity index (χ0v) is 18.2. The number of nitrogens with two attached hydrogens (primary N) is 1. The second kappa shape index (κ2) is 7.57. The molecule has 4 aromatic rings. The Bertz CT molecular complexity index is 1330. The average molecular weight is 443 g/mol. The Balaban J connectivity index is 1.40. The first-order valence-corrected chi connectivity index (χ1v) is 11.4. The van der Waals surface area contributed by atoms with E-state index in [4.69, 9.17) is 15.5 Å². The summed E-state index contributed by atoms with van der Waals surface area (Å²) in [6.07, 6.45) is 6.38. The highest BCUT2D eigenvalue weighted by Crippen LogP contribution is 2.46. The summed E-state index contributed by atoms with van der Waals surface area (Å²) in [5, 5.41) is 19.8. The fraction of sp³-hybridized carbons (Fsp3) is 0.308. The third-order valence-corrected chi connectivity index (χ3v) is 6.98. The molecule has 1 aliphatic carbocycles. The summed E-state index contributed by atoms with van der Waals surface area (Å²) >= 11 is 0. The maximum atomic E-state index is 10.3. The van der Waals surface area contributed by atoms with Crippen LogP contribution in [0.1, 0.15) is 48.2 Å². The van der Waals surface area contributed by atoms with Gasteiger partial charge in [-0.3, -0.25) is 4.40 Å². The van der Waals surface area contributed by atoms with Gasteiger partial charge in [-0.15, -0.1) is 0 Å².